The van der Waals surface area contributed by atoms with Gasteiger partial charge in [0.1, 0.15) is 24.8 Å². The molecule has 3 rings (SSSR count). The van der Waals surface area contributed by atoms with E-state index in [2.05, 4.69) is 20.3 Å². The number of amidine groups is 1. The van der Waals surface area contributed by atoms with Crippen molar-refractivity contribution >= 4 is 39.5 Å². The number of aliphatic imine (C=N–C) groups is 1. The Morgan fingerprint density at radius 1 is 1.42 bits per heavy atom. The second-order valence-electron chi connectivity index (χ2n) is 5.73. The zero-order valence-electron chi connectivity index (χ0n) is 14.2. The van der Waals surface area contributed by atoms with Crippen LogP contribution in [0.5, 0.6) is 0 Å². The van der Waals surface area contributed by atoms with Crippen molar-refractivity contribution in [1.82, 2.24) is 14.5 Å². The Kier molecular flexibility index (Phi) is 5.53. The smallest absolute Gasteiger partial charge is 0.290 e. The first kappa shape index (κ1) is 18.7. The number of ether oxygens (including phenoxy) is 1. The monoisotopic (exact) mass is 381 g/mol. The minimum atomic E-state index is -1.23. The van der Waals surface area contributed by atoms with Crippen molar-refractivity contribution in [2.24, 2.45) is 4.99 Å². The van der Waals surface area contributed by atoms with Crippen molar-refractivity contribution < 1.29 is 20.1 Å². The molecule has 0 amide bonds. The summed E-state index contributed by atoms with van der Waals surface area (Å²) in [5.41, 5.74) is 0.0291. The lowest BCUT2D eigenvalue weighted by molar-refractivity contribution is -0.119. The average molecular weight is 381 g/mol. The molecule has 0 unspecified atom stereocenters. The maximum absolute atomic E-state index is 11.7. The first-order valence-corrected chi connectivity index (χ1v) is 9.05. The van der Waals surface area contributed by atoms with Gasteiger partial charge < -0.3 is 29.9 Å². The third kappa shape index (κ3) is 3.57. The van der Waals surface area contributed by atoms with Gasteiger partial charge in [0.05, 0.1) is 29.8 Å². The zero-order chi connectivity index (χ0) is 18.8. The normalized spacial score (nSPS) is 16.7. The predicted octanol–water partition coefficient (Wildman–Crippen LogP) is -0.356. The third-order valence-corrected chi connectivity index (χ3v) is 4.49. The molecule has 0 saturated heterocycles. The van der Waals surface area contributed by atoms with Crippen LogP contribution < -0.4 is 10.9 Å². The van der Waals surface area contributed by atoms with Gasteiger partial charge in [-0.2, -0.15) is 4.98 Å². The van der Waals surface area contributed by atoms with E-state index in [1.807, 2.05) is 6.26 Å². The molecule has 26 heavy (non-hydrogen) atoms. The summed E-state index contributed by atoms with van der Waals surface area (Å²) in [5.74, 6) is 0.857. The number of hydrogen-bond acceptors (Lipinski definition) is 10. The molecule has 3 atom stereocenters. The largest absolute Gasteiger partial charge is 0.394 e. The van der Waals surface area contributed by atoms with E-state index in [1.165, 1.54) is 18.7 Å². The number of nitrogens with one attached hydrogen (secondary N) is 1. The number of aliphatic hydroxyl groups is 3. The van der Waals surface area contributed by atoms with Gasteiger partial charge in [-0.05, 0) is 13.2 Å². The molecule has 1 aliphatic rings. The molecule has 0 fully saturated rings. The molecular formula is C15H19N5O5S. The molecule has 1 aliphatic heterocycles. The summed E-state index contributed by atoms with van der Waals surface area (Å²) in [4.78, 5) is 24.3. The highest BCUT2D eigenvalue weighted by Gasteiger charge is 2.25. The quantitative estimate of drug-likeness (QED) is 0.528. The highest BCUT2D eigenvalue weighted by molar-refractivity contribution is 8.13. The summed E-state index contributed by atoms with van der Waals surface area (Å²) >= 11 is 1.35. The molecule has 11 heteroatoms. The van der Waals surface area contributed by atoms with Gasteiger partial charge in [-0.15, -0.1) is 0 Å². The highest BCUT2D eigenvalue weighted by Crippen LogP contribution is 2.35. The van der Waals surface area contributed by atoms with Crippen LogP contribution in [0, 0.1) is 0 Å². The van der Waals surface area contributed by atoms with Gasteiger partial charge in [-0.1, -0.05) is 11.8 Å². The van der Waals surface area contributed by atoms with E-state index in [0.29, 0.717) is 27.7 Å². The molecular weight excluding hydrogens is 362 g/mol. The lowest BCUT2D eigenvalue weighted by Crippen LogP contribution is -2.40. The van der Waals surface area contributed by atoms with E-state index in [4.69, 9.17) is 4.74 Å². The van der Waals surface area contributed by atoms with Crippen molar-refractivity contribution in [1.29, 1.82) is 0 Å². The second kappa shape index (κ2) is 7.68. The van der Waals surface area contributed by atoms with Crippen LogP contribution in [0.25, 0.3) is 10.9 Å². The van der Waals surface area contributed by atoms with E-state index in [1.54, 1.807) is 10.8 Å². The van der Waals surface area contributed by atoms with Crippen molar-refractivity contribution in [3.05, 3.63) is 22.7 Å². The molecule has 0 saturated carbocycles. The molecule has 0 aromatic carbocycles. The Hall–Kier alpha value is -2.05. The summed E-state index contributed by atoms with van der Waals surface area (Å²) < 4.78 is 7.19. The third-order valence-electron chi connectivity index (χ3n) is 3.91. The number of hydrogen-bond donors (Lipinski definition) is 4. The second-order valence-corrected chi connectivity index (χ2v) is 6.53. The van der Waals surface area contributed by atoms with E-state index in [-0.39, 0.29) is 6.73 Å². The lowest BCUT2D eigenvalue weighted by atomic mass is 10.1. The average Bonchev–Trinajstić information content (AvgIpc) is 2.89. The van der Waals surface area contributed by atoms with Crippen LogP contribution in [-0.2, 0) is 11.5 Å². The molecule has 140 valence electrons. The van der Waals surface area contributed by atoms with Gasteiger partial charge in [0.2, 0.25) is 0 Å². The Balaban J connectivity index is 1.98. The summed E-state index contributed by atoms with van der Waals surface area (Å²) in [6, 6.07) is 0. The fraction of sp³-hybridized carbons (Fsp3) is 0.467. The van der Waals surface area contributed by atoms with E-state index in [0.717, 1.165) is 6.20 Å². The fourth-order valence-electron chi connectivity index (χ4n) is 2.55. The van der Waals surface area contributed by atoms with E-state index >= 15 is 0 Å². The van der Waals surface area contributed by atoms with Gasteiger partial charge in [-0.3, -0.25) is 4.79 Å². The molecule has 0 radical (unpaired) electrons. The van der Waals surface area contributed by atoms with Crippen LogP contribution in [0.3, 0.4) is 0 Å². The van der Waals surface area contributed by atoms with Crippen molar-refractivity contribution in [2.75, 3.05) is 18.2 Å². The number of nitrogens with zero attached hydrogens (tertiary/aromatic N) is 4. The Bertz CT molecular complexity index is 900. The predicted molar refractivity (Wildman–Crippen MR) is 97.7 cm³/mol. The van der Waals surface area contributed by atoms with E-state index in [9.17, 15) is 20.1 Å². The van der Waals surface area contributed by atoms with Gasteiger partial charge in [0.15, 0.2) is 11.0 Å². The first-order valence-electron chi connectivity index (χ1n) is 7.83. The van der Waals surface area contributed by atoms with E-state index < -0.39 is 30.5 Å². The zero-order valence-corrected chi connectivity index (χ0v) is 15.0. The first-order chi connectivity index (χ1) is 12.4. The number of rotatable bonds is 6. The van der Waals surface area contributed by atoms with Crippen molar-refractivity contribution in [3.63, 3.8) is 0 Å². The topological polar surface area (TPSA) is 142 Å². The summed E-state index contributed by atoms with van der Waals surface area (Å²) in [5, 5.41) is 32.9. The Morgan fingerprint density at radius 3 is 2.85 bits per heavy atom. The maximum Gasteiger partial charge on any atom is 0.290 e. The van der Waals surface area contributed by atoms with Crippen molar-refractivity contribution in [3.8, 4) is 0 Å². The molecule has 0 spiro atoms. The number of anilines is 1. The van der Waals surface area contributed by atoms with Crippen LogP contribution in [-0.4, -0.2) is 66.2 Å². The van der Waals surface area contributed by atoms with Crippen LogP contribution in [0.4, 0.5) is 11.6 Å². The van der Waals surface area contributed by atoms with Gasteiger partial charge in [0, 0.05) is 6.20 Å². The van der Waals surface area contributed by atoms with Crippen LogP contribution >= 0.6 is 11.8 Å². The van der Waals surface area contributed by atoms with Gasteiger partial charge in [-0.25, -0.2) is 9.98 Å². The minimum absolute atomic E-state index is 0.0424. The molecule has 0 bridgehead atoms. The molecule has 2 aromatic heterocycles. The number of aromatic nitrogens is 3. The van der Waals surface area contributed by atoms with Crippen LogP contribution in [0.1, 0.15) is 6.92 Å². The molecule has 2 aromatic rings. The Labute approximate surface area is 152 Å². The van der Waals surface area contributed by atoms with Crippen molar-refractivity contribution in [2.45, 2.75) is 32.0 Å². The van der Waals surface area contributed by atoms with Gasteiger partial charge in [0.25, 0.3) is 5.56 Å². The van der Waals surface area contributed by atoms with Crippen LogP contribution in [0.15, 0.2) is 22.2 Å². The summed E-state index contributed by atoms with van der Waals surface area (Å²) in [6.45, 7) is 0.912. The summed E-state index contributed by atoms with van der Waals surface area (Å²) in [7, 11) is 0. The molecule has 4 N–H and O–H groups in total. The SMILES string of the molecule is CSC1=Nc2c3c(nc(=O)cnc3cn2CO[C@H](CO)[C@@H](O)[C@H](C)O)N1. The number of thioether (sulfide) groups is 1. The van der Waals surface area contributed by atoms with Gasteiger partial charge >= 0.3 is 0 Å². The standard InChI is InChI=1S/C15H19N5O5S/c1-7(22)12(24)9(5-21)25-6-20-4-8-11-13(17-10(23)3-16-8)18-15(26-2)19-14(11)20/h3-4,7,9,12,21-22,24H,5-6H2,1-2H3,(H,17,18,19,23)/t7-,9+,12-/m0/s1. The highest BCUT2D eigenvalue weighted by atomic mass is 32.2. The minimum Gasteiger partial charge on any atom is -0.394 e. The molecule has 0 aliphatic carbocycles. The van der Waals surface area contributed by atoms with Crippen LogP contribution in [0.2, 0.25) is 0 Å². The number of aliphatic hydroxyl groups excluding tert-OH is 3. The Morgan fingerprint density at radius 2 is 2.19 bits per heavy atom. The molecule has 3 heterocycles. The molecule has 10 nitrogen and oxygen atoms in total. The summed E-state index contributed by atoms with van der Waals surface area (Å²) in [6.07, 6.45) is 1.36. The maximum atomic E-state index is 11.7. The lowest BCUT2D eigenvalue weighted by Gasteiger charge is -2.24. The fourth-order valence-corrected chi connectivity index (χ4v) is 2.93.